The first kappa shape index (κ1) is 28.5. The summed E-state index contributed by atoms with van der Waals surface area (Å²) in [4.78, 5) is 15.8. The minimum absolute atomic E-state index is 0.162. The average Bonchev–Trinajstić information content (AvgIpc) is 3.39. The summed E-state index contributed by atoms with van der Waals surface area (Å²) in [6, 6.07) is 26.4. The molecule has 4 aromatic rings. The van der Waals surface area contributed by atoms with Gasteiger partial charge in [0, 0.05) is 30.4 Å². The summed E-state index contributed by atoms with van der Waals surface area (Å²) in [5, 5.41) is 4.87. The Morgan fingerprint density at radius 1 is 0.881 bits per heavy atom. The second-order valence-electron chi connectivity index (χ2n) is 10.3. The number of carbonyl (C=O) groups excluding carboxylic acids is 1. The number of amides is 1. The van der Waals surface area contributed by atoms with Crippen molar-refractivity contribution in [2.75, 3.05) is 13.1 Å². The van der Waals surface area contributed by atoms with Gasteiger partial charge in [0.15, 0.2) is 0 Å². The van der Waals surface area contributed by atoms with E-state index in [1.165, 1.54) is 11.8 Å². The number of thiocarbonyl (C=S) groups is 1. The van der Waals surface area contributed by atoms with Gasteiger partial charge in [-0.3, -0.25) is 9.69 Å². The van der Waals surface area contributed by atoms with E-state index in [4.69, 9.17) is 17.3 Å². The maximum absolute atomic E-state index is 13.6. The second kappa shape index (κ2) is 12.3. The van der Waals surface area contributed by atoms with Crippen LogP contribution in [-0.4, -0.2) is 50.7 Å². The van der Waals surface area contributed by atoms with E-state index < -0.39 is 10.0 Å². The minimum atomic E-state index is -3.65. The largest absolute Gasteiger partial charge is 0.288 e. The highest BCUT2D eigenvalue weighted by molar-refractivity contribution is 8.26. The predicted molar refractivity (Wildman–Crippen MR) is 171 cm³/mol. The van der Waals surface area contributed by atoms with Gasteiger partial charge in [0.2, 0.25) is 10.0 Å². The van der Waals surface area contributed by atoms with E-state index >= 15 is 0 Å². The van der Waals surface area contributed by atoms with Crippen molar-refractivity contribution < 1.29 is 13.2 Å². The van der Waals surface area contributed by atoms with Crippen LogP contribution in [0.15, 0.2) is 101 Å². The van der Waals surface area contributed by atoms with Crippen LogP contribution in [0.4, 0.5) is 0 Å². The molecule has 42 heavy (non-hydrogen) atoms. The summed E-state index contributed by atoms with van der Waals surface area (Å²) in [6.07, 6.45) is 7.50. The molecule has 10 heteroatoms. The molecule has 0 spiro atoms. The minimum Gasteiger partial charge on any atom is -0.288 e. The van der Waals surface area contributed by atoms with Crippen LogP contribution in [0.5, 0.6) is 0 Å². The summed E-state index contributed by atoms with van der Waals surface area (Å²) in [7, 11) is -3.65. The van der Waals surface area contributed by atoms with Crippen LogP contribution in [-0.2, 0) is 21.4 Å². The molecule has 2 fully saturated rings. The number of sulfonamides is 1. The van der Waals surface area contributed by atoms with Gasteiger partial charge in [0.25, 0.3) is 5.91 Å². The van der Waals surface area contributed by atoms with Gasteiger partial charge in [-0.1, -0.05) is 97.5 Å². The Bertz CT molecular complexity index is 1740. The molecule has 0 N–H and O–H groups in total. The first-order valence-corrected chi connectivity index (χ1v) is 16.6. The Hall–Kier alpha value is -3.57. The standard InChI is InChI=1S/C32H30N4O3S3/c37-31-29(41-32(40)35(31)22-24-12-5-3-6-13-24)21-26-23-36(27-15-7-4-8-16-27)33-30(26)25-14-11-17-28(20-25)42(38,39)34-18-9-1-2-10-19-34/h3-8,11-17,20-21,23H,1-2,9-10,18-19,22H2. The van der Waals surface area contributed by atoms with Crippen LogP contribution in [0.1, 0.15) is 36.8 Å². The third-order valence-corrected chi connectivity index (χ3v) is 10.7. The van der Waals surface area contributed by atoms with E-state index in [0.717, 1.165) is 36.9 Å². The number of benzene rings is 3. The lowest BCUT2D eigenvalue weighted by molar-refractivity contribution is -0.122. The topological polar surface area (TPSA) is 75.5 Å². The monoisotopic (exact) mass is 614 g/mol. The Balaban J connectivity index is 1.38. The van der Waals surface area contributed by atoms with Gasteiger partial charge in [0.1, 0.15) is 10.0 Å². The number of nitrogens with zero attached hydrogens (tertiary/aromatic N) is 4. The molecule has 0 bridgehead atoms. The fourth-order valence-corrected chi connectivity index (χ4v) is 8.02. The molecule has 3 aromatic carbocycles. The average molecular weight is 615 g/mol. The molecule has 0 radical (unpaired) electrons. The van der Waals surface area contributed by atoms with Crippen molar-refractivity contribution in [3.05, 3.63) is 107 Å². The number of rotatable bonds is 7. The summed E-state index contributed by atoms with van der Waals surface area (Å²) in [5.41, 5.74) is 3.79. The SMILES string of the molecule is O=C1C(=Cc2cn(-c3ccccc3)nc2-c2cccc(S(=O)(=O)N3CCCCCC3)c2)SC(=S)N1Cc1ccccc1. The number of hydrogen-bond donors (Lipinski definition) is 0. The molecule has 1 aromatic heterocycles. The third kappa shape index (κ3) is 5.98. The molecular formula is C32H30N4O3S3. The van der Waals surface area contributed by atoms with Crippen molar-refractivity contribution in [2.45, 2.75) is 37.1 Å². The molecule has 0 atom stereocenters. The quantitative estimate of drug-likeness (QED) is 0.175. The smallest absolute Gasteiger partial charge is 0.266 e. The van der Waals surface area contributed by atoms with Gasteiger partial charge in [-0.15, -0.1) is 0 Å². The summed E-state index contributed by atoms with van der Waals surface area (Å²) < 4.78 is 31.0. The van der Waals surface area contributed by atoms with Crippen LogP contribution < -0.4 is 0 Å². The molecule has 2 aliphatic rings. The van der Waals surface area contributed by atoms with E-state index in [1.54, 1.807) is 32.1 Å². The Kier molecular flexibility index (Phi) is 8.39. The zero-order chi connectivity index (χ0) is 29.1. The normalized spacial score (nSPS) is 17.6. The summed E-state index contributed by atoms with van der Waals surface area (Å²) in [6.45, 7) is 1.46. The molecular weight excluding hydrogens is 585 g/mol. The Morgan fingerprint density at radius 2 is 1.57 bits per heavy atom. The lowest BCUT2D eigenvalue weighted by atomic mass is 10.1. The van der Waals surface area contributed by atoms with E-state index in [0.29, 0.717) is 45.7 Å². The van der Waals surface area contributed by atoms with Crippen molar-refractivity contribution >= 4 is 50.3 Å². The predicted octanol–water partition coefficient (Wildman–Crippen LogP) is 6.51. The molecule has 2 aliphatic heterocycles. The third-order valence-electron chi connectivity index (χ3n) is 7.42. The molecule has 0 saturated carbocycles. The van der Waals surface area contributed by atoms with Gasteiger partial charge < -0.3 is 0 Å². The second-order valence-corrected chi connectivity index (χ2v) is 13.9. The van der Waals surface area contributed by atoms with Crippen LogP contribution in [0.25, 0.3) is 23.0 Å². The van der Waals surface area contributed by atoms with Crippen molar-refractivity contribution in [1.29, 1.82) is 0 Å². The number of thioether (sulfide) groups is 1. The zero-order valence-electron chi connectivity index (χ0n) is 22.9. The van der Waals surface area contributed by atoms with Crippen LogP contribution in [0.3, 0.4) is 0 Å². The van der Waals surface area contributed by atoms with Crippen molar-refractivity contribution in [1.82, 2.24) is 19.0 Å². The molecule has 6 rings (SSSR count). The van der Waals surface area contributed by atoms with E-state index in [-0.39, 0.29) is 10.8 Å². The van der Waals surface area contributed by atoms with Crippen LogP contribution in [0, 0.1) is 0 Å². The molecule has 0 unspecified atom stereocenters. The van der Waals surface area contributed by atoms with E-state index in [2.05, 4.69) is 0 Å². The van der Waals surface area contributed by atoms with Crippen molar-refractivity contribution in [3.8, 4) is 16.9 Å². The molecule has 2 saturated heterocycles. The molecule has 3 heterocycles. The van der Waals surface area contributed by atoms with Gasteiger partial charge >= 0.3 is 0 Å². The highest BCUT2D eigenvalue weighted by atomic mass is 32.2. The van der Waals surface area contributed by atoms with Gasteiger partial charge in [-0.25, -0.2) is 13.1 Å². The maximum atomic E-state index is 13.6. The maximum Gasteiger partial charge on any atom is 0.266 e. The van der Waals surface area contributed by atoms with Gasteiger partial charge in [-0.05, 0) is 48.7 Å². The fraction of sp³-hybridized carbons (Fsp3) is 0.219. The number of carbonyl (C=O) groups is 1. The highest BCUT2D eigenvalue weighted by Crippen LogP contribution is 2.36. The number of hydrogen-bond acceptors (Lipinski definition) is 6. The van der Waals surface area contributed by atoms with Crippen molar-refractivity contribution in [2.24, 2.45) is 0 Å². The lowest BCUT2D eigenvalue weighted by Gasteiger charge is -2.20. The molecule has 214 valence electrons. The first-order chi connectivity index (χ1) is 20.4. The number of para-hydroxylation sites is 1. The molecule has 7 nitrogen and oxygen atoms in total. The van der Waals surface area contributed by atoms with E-state index in [1.807, 2.05) is 79.0 Å². The first-order valence-electron chi connectivity index (χ1n) is 14.0. The van der Waals surface area contributed by atoms with Crippen LogP contribution >= 0.6 is 24.0 Å². The Morgan fingerprint density at radius 3 is 2.29 bits per heavy atom. The molecule has 0 aliphatic carbocycles. The van der Waals surface area contributed by atoms with Gasteiger partial charge in [0.05, 0.1) is 22.0 Å². The Labute approximate surface area is 255 Å². The number of aromatic nitrogens is 2. The summed E-state index contributed by atoms with van der Waals surface area (Å²) in [5.74, 6) is -0.162. The highest BCUT2D eigenvalue weighted by Gasteiger charge is 2.33. The molecule has 1 amide bonds. The lowest BCUT2D eigenvalue weighted by Crippen LogP contribution is -2.31. The van der Waals surface area contributed by atoms with Gasteiger partial charge in [-0.2, -0.15) is 9.40 Å². The fourth-order valence-electron chi connectivity index (χ4n) is 5.21. The zero-order valence-corrected chi connectivity index (χ0v) is 25.4. The summed E-state index contributed by atoms with van der Waals surface area (Å²) >= 11 is 6.85. The van der Waals surface area contributed by atoms with Crippen molar-refractivity contribution in [3.63, 3.8) is 0 Å². The van der Waals surface area contributed by atoms with E-state index in [9.17, 15) is 13.2 Å². The van der Waals surface area contributed by atoms with Crippen LogP contribution in [0.2, 0.25) is 0 Å².